The topological polar surface area (TPSA) is 72.7 Å². The summed E-state index contributed by atoms with van der Waals surface area (Å²) in [4.78, 5) is 24.4. The minimum atomic E-state index is -0.126. The summed E-state index contributed by atoms with van der Waals surface area (Å²) in [5, 5.41) is 2.88. The van der Waals surface area contributed by atoms with Crippen LogP contribution in [-0.4, -0.2) is 32.0 Å². The fraction of sp³-hybridized carbons (Fsp3) is 0.467. The van der Waals surface area contributed by atoms with Gasteiger partial charge in [-0.1, -0.05) is 13.8 Å². The predicted molar refractivity (Wildman–Crippen MR) is 80.0 cm³/mol. The summed E-state index contributed by atoms with van der Waals surface area (Å²) in [6, 6.07) is 0. The lowest BCUT2D eigenvalue weighted by Gasteiger charge is -2.08. The summed E-state index contributed by atoms with van der Waals surface area (Å²) >= 11 is 0. The molecule has 2 aromatic rings. The molecule has 0 aliphatic rings. The van der Waals surface area contributed by atoms with E-state index < -0.39 is 0 Å². The van der Waals surface area contributed by atoms with E-state index in [0.29, 0.717) is 12.1 Å². The second-order valence-electron chi connectivity index (χ2n) is 4.74. The Morgan fingerprint density at radius 2 is 1.95 bits per heavy atom. The van der Waals surface area contributed by atoms with Gasteiger partial charge in [0.05, 0.1) is 5.56 Å². The van der Waals surface area contributed by atoms with Crippen LogP contribution in [0.5, 0.6) is 0 Å². The van der Waals surface area contributed by atoms with Crippen LogP contribution in [0.1, 0.15) is 42.3 Å². The van der Waals surface area contributed by atoms with Gasteiger partial charge in [-0.25, -0.2) is 15.0 Å². The molecule has 0 atom stereocenters. The molecule has 0 aliphatic heterocycles. The molecule has 0 saturated carbocycles. The van der Waals surface area contributed by atoms with E-state index in [1.54, 1.807) is 12.4 Å². The fourth-order valence-electron chi connectivity index (χ4n) is 2.07. The maximum Gasteiger partial charge on any atom is 0.254 e. The maximum absolute atomic E-state index is 11.9. The average Bonchev–Trinajstić information content (AvgIpc) is 2.99. The minimum absolute atomic E-state index is 0.126. The Labute approximate surface area is 124 Å². The van der Waals surface area contributed by atoms with Crippen LogP contribution in [0.25, 0.3) is 0 Å². The lowest BCUT2D eigenvalue weighted by Crippen LogP contribution is -2.25. The number of rotatable bonds is 7. The third-order valence-corrected chi connectivity index (χ3v) is 3.26. The Morgan fingerprint density at radius 1 is 1.19 bits per heavy atom. The van der Waals surface area contributed by atoms with E-state index in [1.807, 2.05) is 19.3 Å². The normalized spacial score (nSPS) is 10.6. The van der Waals surface area contributed by atoms with Crippen LogP contribution >= 0.6 is 0 Å². The van der Waals surface area contributed by atoms with Crippen molar-refractivity contribution in [1.82, 2.24) is 24.8 Å². The molecule has 0 fully saturated rings. The van der Waals surface area contributed by atoms with Crippen LogP contribution in [0.3, 0.4) is 0 Å². The molecule has 112 valence electrons. The lowest BCUT2D eigenvalue weighted by molar-refractivity contribution is 0.0952. The number of carbonyl (C=O) groups is 1. The molecular formula is C15H21N5O. The summed E-state index contributed by atoms with van der Waals surface area (Å²) in [7, 11) is 0. The minimum Gasteiger partial charge on any atom is -0.352 e. The van der Waals surface area contributed by atoms with Crippen molar-refractivity contribution in [3.8, 4) is 0 Å². The van der Waals surface area contributed by atoms with Gasteiger partial charge in [-0.15, -0.1) is 0 Å². The molecule has 6 nitrogen and oxygen atoms in total. The smallest absolute Gasteiger partial charge is 0.254 e. The molecule has 2 aromatic heterocycles. The number of hydrogen-bond donors (Lipinski definition) is 1. The van der Waals surface area contributed by atoms with E-state index in [1.165, 1.54) is 0 Å². The van der Waals surface area contributed by atoms with Crippen molar-refractivity contribution < 1.29 is 4.79 Å². The summed E-state index contributed by atoms with van der Waals surface area (Å²) in [5.74, 6) is 1.70. The third-order valence-electron chi connectivity index (χ3n) is 3.26. The average molecular weight is 287 g/mol. The SMILES string of the molecule is CCc1ncc(C(=O)NCCCn2ccnc2CC)cn1. The first-order valence-electron chi connectivity index (χ1n) is 7.33. The molecule has 0 saturated heterocycles. The van der Waals surface area contributed by atoms with Crippen molar-refractivity contribution in [1.29, 1.82) is 0 Å². The Kier molecular flexibility index (Phi) is 5.43. The van der Waals surface area contributed by atoms with Gasteiger partial charge in [0.2, 0.25) is 0 Å². The largest absolute Gasteiger partial charge is 0.352 e. The van der Waals surface area contributed by atoms with Gasteiger partial charge in [-0.05, 0) is 6.42 Å². The zero-order chi connectivity index (χ0) is 15.1. The Balaban J connectivity index is 1.76. The van der Waals surface area contributed by atoms with Crippen molar-refractivity contribution in [3.05, 3.63) is 42.0 Å². The van der Waals surface area contributed by atoms with Crippen molar-refractivity contribution in [3.63, 3.8) is 0 Å². The molecule has 0 aliphatic carbocycles. The number of amides is 1. The highest BCUT2D eigenvalue weighted by molar-refractivity contribution is 5.93. The summed E-state index contributed by atoms with van der Waals surface area (Å²) < 4.78 is 2.12. The third kappa shape index (κ3) is 4.11. The van der Waals surface area contributed by atoms with Gasteiger partial charge in [-0.3, -0.25) is 4.79 Å². The van der Waals surface area contributed by atoms with Crippen molar-refractivity contribution in [2.45, 2.75) is 39.7 Å². The molecular weight excluding hydrogens is 266 g/mol. The number of hydrogen-bond acceptors (Lipinski definition) is 4. The van der Waals surface area contributed by atoms with Gasteiger partial charge in [0.25, 0.3) is 5.91 Å². The van der Waals surface area contributed by atoms with E-state index >= 15 is 0 Å². The van der Waals surface area contributed by atoms with Gasteiger partial charge in [0.15, 0.2) is 0 Å². The van der Waals surface area contributed by atoms with Crippen LogP contribution in [0.15, 0.2) is 24.8 Å². The van der Waals surface area contributed by atoms with Gasteiger partial charge in [0, 0.05) is 50.7 Å². The molecule has 0 unspecified atom stereocenters. The van der Waals surface area contributed by atoms with Crippen molar-refractivity contribution in [2.75, 3.05) is 6.54 Å². The number of carbonyl (C=O) groups excluding carboxylic acids is 1. The first-order valence-corrected chi connectivity index (χ1v) is 7.33. The highest BCUT2D eigenvalue weighted by Crippen LogP contribution is 2.00. The van der Waals surface area contributed by atoms with E-state index in [9.17, 15) is 4.79 Å². The molecule has 1 N–H and O–H groups in total. The molecule has 0 radical (unpaired) electrons. The first-order chi connectivity index (χ1) is 10.2. The number of aromatic nitrogens is 4. The summed E-state index contributed by atoms with van der Waals surface area (Å²) in [5.41, 5.74) is 0.504. The van der Waals surface area contributed by atoms with Gasteiger partial charge >= 0.3 is 0 Å². The molecule has 2 rings (SSSR count). The van der Waals surface area contributed by atoms with Gasteiger partial charge in [0.1, 0.15) is 11.6 Å². The Hall–Kier alpha value is -2.24. The molecule has 1 amide bonds. The monoisotopic (exact) mass is 287 g/mol. The van der Waals surface area contributed by atoms with Crippen molar-refractivity contribution in [2.24, 2.45) is 0 Å². The van der Waals surface area contributed by atoms with E-state index in [2.05, 4.69) is 31.8 Å². The quantitative estimate of drug-likeness (QED) is 0.785. The fourth-order valence-corrected chi connectivity index (χ4v) is 2.07. The van der Waals surface area contributed by atoms with Crippen LogP contribution in [0.4, 0.5) is 0 Å². The van der Waals surface area contributed by atoms with E-state index in [0.717, 1.165) is 37.5 Å². The maximum atomic E-state index is 11.9. The van der Waals surface area contributed by atoms with Crippen LogP contribution in [0, 0.1) is 0 Å². The zero-order valence-electron chi connectivity index (χ0n) is 12.5. The standard InChI is InChI=1S/C15H21N5O/c1-3-13-18-10-12(11-19-13)15(21)17-6-5-8-20-9-7-16-14(20)4-2/h7,9-11H,3-6,8H2,1-2H3,(H,17,21). The molecule has 0 aromatic carbocycles. The van der Waals surface area contributed by atoms with Crippen LogP contribution in [0.2, 0.25) is 0 Å². The summed E-state index contributed by atoms with van der Waals surface area (Å²) in [6.45, 7) is 5.54. The van der Waals surface area contributed by atoms with Gasteiger partial charge in [-0.2, -0.15) is 0 Å². The highest BCUT2D eigenvalue weighted by Gasteiger charge is 2.06. The highest BCUT2D eigenvalue weighted by atomic mass is 16.1. The second-order valence-corrected chi connectivity index (χ2v) is 4.74. The number of nitrogens with one attached hydrogen (secondary N) is 1. The Morgan fingerprint density at radius 3 is 2.62 bits per heavy atom. The number of nitrogens with zero attached hydrogens (tertiary/aromatic N) is 4. The second kappa shape index (κ2) is 7.52. The first kappa shape index (κ1) is 15.2. The number of imidazole rings is 1. The molecule has 6 heteroatoms. The van der Waals surface area contributed by atoms with Crippen LogP contribution < -0.4 is 5.32 Å². The number of aryl methyl sites for hydroxylation is 3. The molecule has 0 spiro atoms. The van der Waals surface area contributed by atoms with Crippen LogP contribution in [-0.2, 0) is 19.4 Å². The lowest BCUT2D eigenvalue weighted by atomic mass is 10.3. The predicted octanol–water partition coefficient (Wildman–Crippen LogP) is 1.62. The molecule has 0 bridgehead atoms. The van der Waals surface area contributed by atoms with E-state index in [-0.39, 0.29) is 5.91 Å². The summed E-state index contributed by atoms with van der Waals surface area (Å²) in [6.07, 6.45) is 9.48. The van der Waals surface area contributed by atoms with E-state index in [4.69, 9.17) is 0 Å². The Bertz CT molecular complexity index is 576. The molecule has 2 heterocycles. The van der Waals surface area contributed by atoms with Crippen molar-refractivity contribution >= 4 is 5.91 Å². The van der Waals surface area contributed by atoms with Gasteiger partial charge < -0.3 is 9.88 Å². The molecule has 21 heavy (non-hydrogen) atoms. The zero-order valence-corrected chi connectivity index (χ0v) is 12.5.